The predicted molar refractivity (Wildman–Crippen MR) is 245 cm³/mol. The first-order valence-corrected chi connectivity index (χ1v) is 20.9. The van der Waals surface area contributed by atoms with E-state index >= 15 is 0 Å². The first-order chi connectivity index (χ1) is 27.4. The lowest BCUT2D eigenvalue weighted by Gasteiger charge is -2.09. The third kappa shape index (κ3) is 13.4. The second kappa shape index (κ2) is 21.6. The van der Waals surface area contributed by atoms with Gasteiger partial charge in [-0.25, -0.2) is 0 Å². The minimum Gasteiger partial charge on any atom is -0.507 e. The summed E-state index contributed by atoms with van der Waals surface area (Å²) < 4.78 is 3.93. The number of hydrogen-bond acceptors (Lipinski definition) is 7. The Bertz CT molecular complexity index is 2500. The van der Waals surface area contributed by atoms with Crippen molar-refractivity contribution >= 4 is 143 Å². The number of amides is 3. The number of nitrogens with zero attached hydrogens (tertiary/aromatic N) is 1. The van der Waals surface area contributed by atoms with Gasteiger partial charge in [-0.2, -0.15) is 0 Å². The zero-order valence-electron chi connectivity index (χ0n) is 29.5. The van der Waals surface area contributed by atoms with E-state index in [9.17, 15) is 34.6 Å². The van der Waals surface area contributed by atoms with Gasteiger partial charge in [0, 0.05) is 51.6 Å². The van der Waals surface area contributed by atoms with Crippen molar-refractivity contribution in [1.29, 1.82) is 0 Å². The summed E-state index contributed by atoms with van der Waals surface area (Å²) in [5, 5.41) is 37.9. The first kappa shape index (κ1) is 46.4. The van der Waals surface area contributed by atoms with Gasteiger partial charge in [-0.1, -0.05) is 89.2 Å². The van der Waals surface area contributed by atoms with Crippen LogP contribution in [0.1, 0.15) is 31.1 Å². The summed E-state index contributed by atoms with van der Waals surface area (Å²) in [5.41, 5.74) is 2.46. The van der Waals surface area contributed by atoms with Crippen LogP contribution in [0.2, 0.25) is 10.0 Å². The van der Waals surface area contributed by atoms with Gasteiger partial charge in [-0.05, 0) is 117 Å². The lowest BCUT2D eigenvalue weighted by atomic mass is 10.2. The SMILES string of the molecule is C[N+](=O)c1ccc(NC(=O)c2cc(Cl)ccc2O)c(Cl)c1.O=C(Nc1ccc(Br)cc1)c1cc(Br)cc(Br)c1O.O=C(Nc1ccccc1)c1cc(Br)cc(Br)c1O. The Morgan fingerprint density at radius 2 is 1.05 bits per heavy atom. The van der Waals surface area contributed by atoms with E-state index in [-0.39, 0.29) is 50.8 Å². The number of halogens is 7. The van der Waals surface area contributed by atoms with Crippen molar-refractivity contribution in [2.24, 2.45) is 0 Å². The van der Waals surface area contributed by atoms with Crippen molar-refractivity contribution in [2.45, 2.75) is 0 Å². The fourth-order valence-electron chi connectivity index (χ4n) is 4.61. The maximum Gasteiger partial charge on any atom is 0.259 e. The van der Waals surface area contributed by atoms with E-state index in [1.807, 2.05) is 30.3 Å². The normalized spacial score (nSPS) is 10.2. The van der Waals surface area contributed by atoms with Crippen LogP contribution < -0.4 is 16.0 Å². The molecule has 0 saturated heterocycles. The lowest BCUT2D eigenvalue weighted by molar-refractivity contribution is -0.428. The molecule has 6 rings (SSSR count). The molecule has 0 spiro atoms. The Morgan fingerprint density at radius 3 is 1.55 bits per heavy atom. The van der Waals surface area contributed by atoms with Crippen LogP contribution >= 0.6 is 103 Å². The van der Waals surface area contributed by atoms with Crippen molar-refractivity contribution in [2.75, 3.05) is 23.0 Å². The van der Waals surface area contributed by atoms with Gasteiger partial charge >= 0.3 is 0 Å². The average Bonchev–Trinajstić information content (AvgIpc) is 3.18. The number of phenolic OH excluding ortho intramolecular Hbond substituents is 3. The number of aromatic hydroxyl groups is 3. The van der Waals surface area contributed by atoms with Gasteiger partial charge in [0.25, 0.3) is 23.4 Å². The number of anilines is 3. The summed E-state index contributed by atoms with van der Waals surface area (Å²) in [5.74, 6) is -1.64. The van der Waals surface area contributed by atoms with Crippen LogP contribution in [0.5, 0.6) is 17.2 Å². The number of phenols is 3. The van der Waals surface area contributed by atoms with E-state index < -0.39 is 5.91 Å². The van der Waals surface area contributed by atoms with Gasteiger partial charge in [0.05, 0.1) is 36.3 Å². The Balaban J connectivity index is 0.000000193. The van der Waals surface area contributed by atoms with Gasteiger partial charge in [-0.3, -0.25) is 14.4 Å². The van der Waals surface area contributed by atoms with E-state index in [1.54, 1.807) is 48.5 Å². The highest BCUT2D eigenvalue weighted by Crippen LogP contribution is 2.34. The first-order valence-electron chi connectivity index (χ1n) is 16.2. The second-order valence-electron chi connectivity index (χ2n) is 11.6. The fourth-order valence-corrected chi connectivity index (χ4v) is 7.72. The molecule has 0 aliphatic carbocycles. The quantitative estimate of drug-likeness (QED) is 0.0865. The van der Waals surface area contributed by atoms with E-state index in [0.29, 0.717) is 50.4 Å². The van der Waals surface area contributed by atoms with Gasteiger partial charge < -0.3 is 31.3 Å². The Morgan fingerprint density at radius 1 is 0.552 bits per heavy atom. The molecule has 6 aromatic carbocycles. The number of carbonyl (C=O) groups excluding carboxylic acids is 3. The van der Waals surface area contributed by atoms with Gasteiger partial charge in [0.15, 0.2) is 7.05 Å². The molecule has 0 atom stereocenters. The maximum absolute atomic E-state index is 12.1. The fraction of sp³-hybridized carbons (Fsp3) is 0.0250. The molecule has 0 aromatic heterocycles. The van der Waals surface area contributed by atoms with Crippen LogP contribution in [0.15, 0.2) is 138 Å². The van der Waals surface area contributed by atoms with Gasteiger partial charge in [0.2, 0.25) is 0 Å². The molecule has 11 nitrogen and oxygen atoms in total. The molecule has 0 aliphatic heterocycles. The van der Waals surface area contributed by atoms with E-state index in [0.717, 1.165) is 4.47 Å². The summed E-state index contributed by atoms with van der Waals surface area (Å²) in [6.07, 6.45) is 0. The third-order valence-electron chi connectivity index (χ3n) is 7.45. The molecule has 298 valence electrons. The average molecular weight is 1150 g/mol. The molecule has 3 amide bonds. The Kier molecular flexibility index (Phi) is 17.3. The molecule has 18 heteroatoms. The van der Waals surface area contributed by atoms with Crippen LogP contribution in [0.4, 0.5) is 22.7 Å². The molecular formula is C40H28Br5Cl2N4O7+. The number of nitrogens with one attached hydrogen (secondary N) is 3. The highest BCUT2D eigenvalue weighted by atomic mass is 79.9. The smallest absolute Gasteiger partial charge is 0.259 e. The largest absolute Gasteiger partial charge is 0.507 e. The Hall–Kier alpha value is -4.29. The van der Waals surface area contributed by atoms with E-state index in [2.05, 4.69) is 95.6 Å². The molecule has 0 unspecified atom stereocenters. The van der Waals surface area contributed by atoms with Crippen molar-refractivity contribution < 1.29 is 34.5 Å². The number of hydrogen-bond donors (Lipinski definition) is 6. The van der Waals surface area contributed by atoms with Crippen molar-refractivity contribution in [3.05, 3.63) is 169 Å². The number of benzene rings is 6. The minimum atomic E-state index is -0.555. The predicted octanol–water partition coefficient (Wildman–Crippen LogP) is 13.1. The molecule has 0 bridgehead atoms. The van der Waals surface area contributed by atoms with Crippen LogP contribution in [0.3, 0.4) is 0 Å². The van der Waals surface area contributed by atoms with E-state index in [1.165, 1.54) is 43.4 Å². The third-order valence-corrected chi connectivity index (χ3v) is 10.6. The maximum atomic E-state index is 12.1. The lowest BCUT2D eigenvalue weighted by Crippen LogP contribution is -2.12. The molecule has 6 aromatic rings. The van der Waals surface area contributed by atoms with Crippen molar-refractivity contribution in [3.8, 4) is 17.2 Å². The molecule has 6 N–H and O–H groups in total. The summed E-state index contributed by atoms with van der Waals surface area (Å²) in [7, 11) is 1.34. The molecule has 0 fully saturated rings. The number of nitroso groups, excluding NO2 is 1. The monoisotopic (exact) mass is 1140 g/mol. The molecule has 0 saturated carbocycles. The minimum absolute atomic E-state index is 0.0311. The standard InChI is InChI=1S/C14H10Cl2N2O3.C13H8Br3NO2.C13H9Br2NO2/c1-18(21)9-3-4-12(11(16)7-9)17-14(20)10-6-8(15)2-5-13(10)19;14-7-1-3-9(4-2-7)17-13(19)10-5-8(15)6-11(16)12(10)18;14-8-6-10(12(17)11(15)7-8)13(18)16-9-4-2-1-3-5-9/h2-7H,1H3,(H-,17,19,20,21);1-6,18H,(H,17,19);1-7,17H,(H,16,18)/p+1. The summed E-state index contributed by atoms with van der Waals surface area (Å²) in [6.45, 7) is 0. The second-order valence-corrected chi connectivity index (χ2v) is 16.9. The number of para-hydroxylation sites is 1. The van der Waals surface area contributed by atoms with Crippen LogP contribution in [0, 0.1) is 4.91 Å². The van der Waals surface area contributed by atoms with Crippen molar-refractivity contribution in [3.63, 3.8) is 0 Å². The van der Waals surface area contributed by atoms with Gasteiger partial charge in [0.1, 0.15) is 17.2 Å². The van der Waals surface area contributed by atoms with Crippen LogP contribution in [-0.4, -0.2) is 44.8 Å². The molecular weight excluding hydrogens is 1120 g/mol. The van der Waals surface area contributed by atoms with Crippen molar-refractivity contribution in [1.82, 2.24) is 0 Å². The topological polar surface area (TPSA) is 168 Å². The van der Waals surface area contributed by atoms with E-state index in [4.69, 9.17) is 23.2 Å². The highest BCUT2D eigenvalue weighted by molar-refractivity contribution is 9.11. The zero-order chi connectivity index (χ0) is 42.7. The molecule has 0 radical (unpaired) electrons. The molecule has 58 heavy (non-hydrogen) atoms. The van der Waals surface area contributed by atoms with Crippen LogP contribution in [0.25, 0.3) is 0 Å². The summed E-state index contributed by atoms with van der Waals surface area (Å²) >= 11 is 28.1. The highest BCUT2D eigenvalue weighted by Gasteiger charge is 2.18. The van der Waals surface area contributed by atoms with Crippen LogP contribution in [-0.2, 0) is 0 Å². The molecule has 0 heterocycles. The number of carbonyl (C=O) groups is 3. The summed E-state index contributed by atoms with van der Waals surface area (Å²) in [6, 6.07) is 31.3. The zero-order valence-corrected chi connectivity index (χ0v) is 39.0. The molecule has 0 aliphatic rings. The summed E-state index contributed by atoms with van der Waals surface area (Å²) in [4.78, 5) is 47.4. The number of rotatable bonds is 7. The Labute approximate surface area is 384 Å². The van der Waals surface area contributed by atoms with Gasteiger partial charge in [-0.15, -0.1) is 0 Å².